The van der Waals surface area contributed by atoms with Gasteiger partial charge in [0, 0.05) is 0 Å². The van der Waals surface area contributed by atoms with Crippen molar-refractivity contribution in [1.82, 2.24) is 0 Å². The minimum absolute atomic E-state index is 0.221. The van der Waals surface area contributed by atoms with Crippen molar-refractivity contribution in [2.75, 3.05) is 0 Å². The number of hydrogen-bond acceptors (Lipinski definition) is 1. The molecule has 1 aliphatic rings. The molecule has 100 valence electrons. The van der Waals surface area contributed by atoms with Crippen molar-refractivity contribution >= 4 is 15.9 Å². The number of rotatable bonds is 3. The molecule has 0 atom stereocenters. The van der Waals surface area contributed by atoms with Gasteiger partial charge in [0.25, 0.3) is 0 Å². The molecule has 1 fully saturated rings. The summed E-state index contributed by atoms with van der Waals surface area (Å²) in [5.41, 5.74) is 1.35. The molecule has 0 unspecified atom stereocenters. The highest BCUT2D eigenvalue weighted by Crippen LogP contribution is 2.36. The van der Waals surface area contributed by atoms with Gasteiger partial charge in [0.1, 0.15) is 5.82 Å². The summed E-state index contributed by atoms with van der Waals surface area (Å²) >= 11 is 3.27. The molecule has 1 aromatic rings. The van der Waals surface area contributed by atoms with Gasteiger partial charge in [-0.2, -0.15) is 0 Å². The van der Waals surface area contributed by atoms with Gasteiger partial charge in [-0.1, -0.05) is 26.0 Å². The van der Waals surface area contributed by atoms with Crippen molar-refractivity contribution in [2.24, 2.45) is 5.41 Å². The van der Waals surface area contributed by atoms with Gasteiger partial charge in [-0.15, -0.1) is 0 Å². The molecule has 0 bridgehead atoms. The van der Waals surface area contributed by atoms with E-state index in [2.05, 4.69) is 29.8 Å². The molecule has 0 heterocycles. The van der Waals surface area contributed by atoms with E-state index in [1.165, 1.54) is 18.9 Å². The van der Waals surface area contributed by atoms with Crippen LogP contribution in [0.1, 0.15) is 45.1 Å². The number of halogens is 2. The highest BCUT2D eigenvalue weighted by molar-refractivity contribution is 9.10. The summed E-state index contributed by atoms with van der Waals surface area (Å²) in [6.07, 6.45) is 4.97. The van der Waals surface area contributed by atoms with E-state index in [1.54, 1.807) is 6.07 Å². The molecule has 1 aromatic carbocycles. The molecule has 1 nitrogen and oxygen atoms in total. The molecule has 3 heteroatoms. The molecule has 0 N–H and O–H groups in total. The Hall–Kier alpha value is -0.410. The van der Waals surface area contributed by atoms with Crippen molar-refractivity contribution in [3.63, 3.8) is 0 Å². The monoisotopic (exact) mass is 314 g/mol. The first-order valence-corrected chi connectivity index (χ1v) is 7.32. The van der Waals surface area contributed by atoms with Crippen LogP contribution >= 0.6 is 15.9 Å². The lowest BCUT2D eigenvalue weighted by Gasteiger charge is -2.34. The van der Waals surface area contributed by atoms with E-state index in [1.807, 2.05) is 6.07 Å². The molecule has 0 amide bonds. The molecule has 18 heavy (non-hydrogen) atoms. The Kier molecular flexibility index (Phi) is 4.44. The highest BCUT2D eigenvalue weighted by atomic mass is 79.9. The average molecular weight is 315 g/mol. The number of benzene rings is 1. The van der Waals surface area contributed by atoms with Crippen LogP contribution in [0.4, 0.5) is 4.39 Å². The smallest absolute Gasteiger partial charge is 0.137 e. The second-order valence-corrected chi connectivity index (χ2v) is 6.68. The third-order valence-electron chi connectivity index (χ3n) is 3.79. The van der Waals surface area contributed by atoms with Gasteiger partial charge >= 0.3 is 0 Å². The van der Waals surface area contributed by atoms with Gasteiger partial charge in [0.2, 0.25) is 0 Å². The van der Waals surface area contributed by atoms with E-state index in [9.17, 15) is 4.39 Å². The fraction of sp³-hybridized carbons (Fsp3) is 0.600. The summed E-state index contributed by atoms with van der Waals surface area (Å²) in [5, 5.41) is 0. The van der Waals surface area contributed by atoms with Crippen LogP contribution in [0.3, 0.4) is 0 Å². The Morgan fingerprint density at radius 3 is 2.67 bits per heavy atom. The summed E-state index contributed by atoms with van der Waals surface area (Å²) in [6.45, 7) is 5.11. The van der Waals surface area contributed by atoms with Gasteiger partial charge in [-0.05, 0) is 58.7 Å². The van der Waals surface area contributed by atoms with Crippen LogP contribution in [0.2, 0.25) is 0 Å². The molecule has 1 saturated carbocycles. The highest BCUT2D eigenvalue weighted by Gasteiger charge is 2.27. The minimum atomic E-state index is -0.221. The summed E-state index contributed by atoms with van der Waals surface area (Å²) in [6, 6.07) is 5.08. The van der Waals surface area contributed by atoms with E-state index in [-0.39, 0.29) is 5.82 Å². The van der Waals surface area contributed by atoms with Crippen LogP contribution in [0.15, 0.2) is 22.7 Å². The van der Waals surface area contributed by atoms with Crippen LogP contribution < -0.4 is 0 Å². The lowest BCUT2D eigenvalue weighted by molar-refractivity contribution is -0.00589. The zero-order valence-corrected chi connectivity index (χ0v) is 12.6. The fourth-order valence-electron chi connectivity index (χ4n) is 2.41. The van der Waals surface area contributed by atoms with Gasteiger partial charge in [-0.3, -0.25) is 0 Å². The van der Waals surface area contributed by atoms with E-state index in [0.29, 0.717) is 22.6 Å². The predicted octanol–water partition coefficient (Wildman–Crippen LogP) is 5.07. The lowest BCUT2D eigenvalue weighted by Crippen LogP contribution is -2.26. The normalized spacial score (nSPS) is 20.0. The van der Waals surface area contributed by atoms with Crippen molar-refractivity contribution < 1.29 is 9.13 Å². The van der Waals surface area contributed by atoms with Crippen LogP contribution in [-0.4, -0.2) is 6.10 Å². The summed E-state index contributed by atoms with van der Waals surface area (Å²) < 4.78 is 19.8. The summed E-state index contributed by atoms with van der Waals surface area (Å²) in [5.74, 6) is -0.221. The number of hydrogen-bond donors (Lipinski definition) is 0. The molecule has 0 aromatic heterocycles. The maximum absolute atomic E-state index is 13.3. The third-order valence-corrected chi connectivity index (χ3v) is 4.68. The van der Waals surface area contributed by atoms with Gasteiger partial charge in [-0.25, -0.2) is 4.39 Å². The Balaban J connectivity index is 1.87. The molecule has 1 aliphatic carbocycles. The Labute approximate surface area is 117 Å². The van der Waals surface area contributed by atoms with Crippen molar-refractivity contribution in [1.29, 1.82) is 0 Å². The maximum atomic E-state index is 13.3. The van der Waals surface area contributed by atoms with Crippen molar-refractivity contribution in [2.45, 2.75) is 52.2 Å². The Morgan fingerprint density at radius 2 is 2.00 bits per heavy atom. The van der Waals surface area contributed by atoms with Crippen molar-refractivity contribution in [3.05, 3.63) is 34.1 Å². The largest absolute Gasteiger partial charge is 0.374 e. The zero-order chi connectivity index (χ0) is 13.2. The minimum Gasteiger partial charge on any atom is -0.374 e. The molecular weight excluding hydrogens is 295 g/mol. The predicted molar refractivity (Wildman–Crippen MR) is 74.9 cm³/mol. The molecule has 0 radical (unpaired) electrons. The van der Waals surface area contributed by atoms with Crippen LogP contribution in [0.5, 0.6) is 0 Å². The van der Waals surface area contributed by atoms with E-state index in [4.69, 9.17) is 4.74 Å². The fourth-order valence-corrected chi connectivity index (χ4v) is 2.79. The summed E-state index contributed by atoms with van der Waals surface area (Å²) in [7, 11) is 0. The molecule has 0 saturated heterocycles. The second-order valence-electron chi connectivity index (χ2n) is 5.89. The second kappa shape index (κ2) is 5.70. The molecular formula is C15H20BrFO. The van der Waals surface area contributed by atoms with E-state index in [0.717, 1.165) is 18.4 Å². The number of ether oxygens (including phenoxy) is 1. The first-order valence-electron chi connectivity index (χ1n) is 6.52. The lowest BCUT2D eigenvalue weighted by atomic mass is 9.76. The van der Waals surface area contributed by atoms with Gasteiger partial charge < -0.3 is 4.74 Å². The zero-order valence-electron chi connectivity index (χ0n) is 11.0. The van der Waals surface area contributed by atoms with Crippen LogP contribution in [-0.2, 0) is 11.3 Å². The first-order chi connectivity index (χ1) is 8.48. The van der Waals surface area contributed by atoms with E-state index < -0.39 is 0 Å². The molecule has 2 rings (SSSR count). The quantitative estimate of drug-likeness (QED) is 0.756. The van der Waals surface area contributed by atoms with Crippen LogP contribution in [0.25, 0.3) is 0 Å². The van der Waals surface area contributed by atoms with Gasteiger partial charge in [0.05, 0.1) is 17.2 Å². The third kappa shape index (κ3) is 3.55. The first kappa shape index (κ1) is 14.0. The maximum Gasteiger partial charge on any atom is 0.137 e. The Bertz CT molecular complexity index is 407. The topological polar surface area (TPSA) is 9.23 Å². The van der Waals surface area contributed by atoms with Gasteiger partial charge in [0.15, 0.2) is 0 Å². The van der Waals surface area contributed by atoms with Crippen molar-refractivity contribution in [3.8, 4) is 0 Å². The molecule has 0 spiro atoms. The SMILES string of the molecule is CC1(C)CCC(OCc2cccc(F)c2Br)CC1. The average Bonchev–Trinajstić information content (AvgIpc) is 2.33. The summed E-state index contributed by atoms with van der Waals surface area (Å²) in [4.78, 5) is 0. The molecule has 0 aliphatic heterocycles. The van der Waals surface area contributed by atoms with Crippen LogP contribution in [0, 0.1) is 11.2 Å². The standard InChI is InChI=1S/C15H20BrFO/c1-15(2)8-6-12(7-9-15)18-10-11-4-3-5-13(17)14(11)16/h3-5,12H,6-10H2,1-2H3. The van der Waals surface area contributed by atoms with E-state index >= 15 is 0 Å². The Morgan fingerprint density at radius 1 is 1.33 bits per heavy atom.